The third kappa shape index (κ3) is 5.85. The highest BCUT2D eigenvalue weighted by Crippen LogP contribution is 2.19. The van der Waals surface area contributed by atoms with Crippen LogP contribution < -0.4 is 10.0 Å². The predicted octanol–water partition coefficient (Wildman–Crippen LogP) is 3.88. The summed E-state index contributed by atoms with van der Waals surface area (Å²) < 4.78 is 46.2. The van der Waals surface area contributed by atoms with Gasteiger partial charge < -0.3 is 9.73 Å². The van der Waals surface area contributed by atoms with Crippen molar-refractivity contribution < 1.29 is 22.0 Å². The van der Waals surface area contributed by atoms with Gasteiger partial charge in [0.15, 0.2) is 0 Å². The Hall–Kier alpha value is -2.78. The van der Waals surface area contributed by atoms with Gasteiger partial charge in [-0.3, -0.25) is 9.52 Å². The van der Waals surface area contributed by atoms with Crippen molar-refractivity contribution in [1.29, 1.82) is 0 Å². The molecule has 2 N–H and O–H groups in total. The molecule has 0 atom stereocenters. The molecule has 1 amide bonds. The summed E-state index contributed by atoms with van der Waals surface area (Å²) in [6.45, 7) is 0.425. The largest absolute Gasteiger partial charge is 0.468 e. The van der Waals surface area contributed by atoms with Crippen LogP contribution in [0.25, 0.3) is 0 Å². The molecule has 9 heteroatoms. The Bertz CT molecular complexity index is 1070. The Morgan fingerprint density at radius 3 is 2.66 bits per heavy atom. The van der Waals surface area contributed by atoms with Crippen molar-refractivity contribution in [3.8, 4) is 0 Å². The molecule has 0 aliphatic heterocycles. The number of halogens is 1. The monoisotopic (exact) mass is 434 g/mol. The summed E-state index contributed by atoms with van der Waals surface area (Å²) in [4.78, 5) is 12.2. The number of thioether (sulfide) groups is 1. The fraction of sp³-hybridized carbons (Fsp3) is 0.150. The van der Waals surface area contributed by atoms with E-state index in [-0.39, 0.29) is 22.1 Å². The van der Waals surface area contributed by atoms with Gasteiger partial charge >= 0.3 is 0 Å². The molecule has 1 aromatic heterocycles. The summed E-state index contributed by atoms with van der Waals surface area (Å²) >= 11 is 1.61. The minimum atomic E-state index is -4.03. The fourth-order valence-corrected chi connectivity index (χ4v) is 4.33. The van der Waals surface area contributed by atoms with Crippen LogP contribution in [0.1, 0.15) is 16.1 Å². The van der Waals surface area contributed by atoms with E-state index in [9.17, 15) is 17.6 Å². The van der Waals surface area contributed by atoms with E-state index in [4.69, 9.17) is 4.42 Å². The Morgan fingerprint density at radius 2 is 1.90 bits per heavy atom. The van der Waals surface area contributed by atoms with Crippen molar-refractivity contribution in [2.45, 2.75) is 10.6 Å². The smallest absolute Gasteiger partial charge is 0.262 e. The molecule has 0 aliphatic rings. The van der Waals surface area contributed by atoms with E-state index in [2.05, 4.69) is 10.0 Å². The number of rotatable bonds is 9. The third-order valence-corrected chi connectivity index (χ3v) is 6.23. The first-order chi connectivity index (χ1) is 14.0. The first-order valence-corrected chi connectivity index (χ1v) is 11.4. The van der Waals surface area contributed by atoms with E-state index < -0.39 is 15.8 Å². The SMILES string of the molecule is O=C(NCCSCc1ccco1)c1cccc(S(=O)(=O)Nc2ccccc2F)c1. The molecule has 0 aliphatic carbocycles. The van der Waals surface area contributed by atoms with Gasteiger partial charge in [0.05, 0.1) is 22.6 Å². The number of para-hydroxylation sites is 1. The highest BCUT2D eigenvalue weighted by atomic mass is 32.2. The topological polar surface area (TPSA) is 88.4 Å². The van der Waals surface area contributed by atoms with Crippen molar-refractivity contribution in [3.63, 3.8) is 0 Å². The Balaban J connectivity index is 1.58. The number of hydrogen-bond donors (Lipinski definition) is 2. The van der Waals surface area contributed by atoms with Crippen molar-refractivity contribution in [2.24, 2.45) is 0 Å². The molecule has 2 aromatic carbocycles. The second-order valence-electron chi connectivity index (χ2n) is 6.00. The van der Waals surface area contributed by atoms with Crippen LogP contribution in [0.2, 0.25) is 0 Å². The van der Waals surface area contributed by atoms with Gasteiger partial charge in [-0.25, -0.2) is 12.8 Å². The second-order valence-corrected chi connectivity index (χ2v) is 8.79. The van der Waals surface area contributed by atoms with E-state index in [1.54, 1.807) is 18.0 Å². The van der Waals surface area contributed by atoms with Crippen LogP contribution in [0.4, 0.5) is 10.1 Å². The second kappa shape index (κ2) is 9.62. The number of sulfonamides is 1. The summed E-state index contributed by atoms with van der Waals surface area (Å²) in [5.41, 5.74) is 0.0494. The van der Waals surface area contributed by atoms with Crippen LogP contribution in [-0.2, 0) is 15.8 Å². The van der Waals surface area contributed by atoms with Crippen molar-refractivity contribution in [2.75, 3.05) is 17.0 Å². The number of anilines is 1. The van der Waals surface area contributed by atoms with Gasteiger partial charge in [0.2, 0.25) is 0 Å². The van der Waals surface area contributed by atoms with Crippen LogP contribution in [0.3, 0.4) is 0 Å². The van der Waals surface area contributed by atoms with E-state index in [0.717, 1.165) is 11.8 Å². The number of nitrogens with one attached hydrogen (secondary N) is 2. The average molecular weight is 435 g/mol. The minimum Gasteiger partial charge on any atom is -0.468 e. The van der Waals surface area contributed by atoms with Crippen LogP contribution in [-0.4, -0.2) is 26.6 Å². The number of carbonyl (C=O) groups is 1. The molecule has 3 aromatic rings. The van der Waals surface area contributed by atoms with Gasteiger partial charge in [-0.1, -0.05) is 18.2 Å². The Labute approximate surface area is 172 Å². The van der Waals surface area contributed by atoms with Crippen molar-refractivity contribution >= 4 is 33.4 Å². The number of carbonyl (C=O) groups excluding carboxylic acids is 1. The van der Waals surface area contributed by atoms with E-state index in [0.29, 0.717) is 18.1 Å². The lowest BCUT2D eigenvalue weighted by Crippen LogP contribution is -2.26. The molecular formula is C20H19FN2O4S2. The summed E-state index contributed by atoms with van der Waals surface area (Å²) in [5.74, 6) is 1.18. The average Bonchev–Trinajstić information content (AvgIpc) is 3.23. The number of amides is 1. The van der Waals surface area contributed by atoms with Gasteiger partial charge in [-0.05, 0) is 42.5 Å². The standard InChI is InChI=1S/C20H19FN2O4S2/c21-18-8-1-2-9-19(18)23-29(25,26)17-7-3-5-15(13-17)20(24)22-10-12-28-14-16-6-4-11-27-16/h1-9,11,13,23H,10,12,14H2,(H,22,24). The van der Waals surface area contributed by atoms with Gasteiger partial charge in [-0.2, -0.15) is 11.8 Å². The third-order valence-electron chi connectivity index (χ3n) is 3.88. The molecule has 3 rings (SSSR count). The molecule has 0 spiro atoms. The van der Waals surface area contributed by atoms with Crippen LogP contribution in [0.5, 0.6) is 0 Å². The van der Waals surface area contributed by atoms with Gasteiger partial charge in [0.25, 0.3) is 15.9 Å². The number of hydrogen-bond acceptors (Lipinski definition) is 5. The maximum Gasteiger partial charge on any atom is 0.262 e. The molecule has 0 saturated carbocycles. The predicted molar refractivity (Wildman–Crippen MR) is 111 cm³/mol. The molecule has 0 radical (unpaired) electrons. The number of furan rings is 1. The highest BCUT2D eigenvalue weighted by molar-refractivity contribution is 7.98. The lowest BCUT2D eigenvalue weighted by atomic mass is 10.2. The highest BCUT2D eigenvalue weighted by Gasteiger charge is 2.18. The first kappa shape index (κ1) is 20.9. The Morgan fingerprint density at radius 1 is 1.07 bits per heavy atom. The van der Waals surface area contributed by atoms with E-state index in [1.165, 1.54) is 42.5 Å². The lowest BCUT2D eigenvalue weighted by Gasteiger charge is -2.10. The van der Waals surface area contributed by atoms with Crippen LogP contribution in [0, 0.1) is 5.82 Å². The summed E-state index contributed by atoms with van der Waals surface area (Å²) in [7, 11) is -4.03. The van der Waals surface area contributed by atoms with Crippen LogP contribution in [0.15, 0.2) is 76.2 Å². The van der Waals surface area contributed by atoms with Crippen LogP contribution >= 0.6 is 11.8 Å². The van der Waals surface area contributed by atoms with E-state index in [1.807, 2.05) is 12.1 Å². The van der Waals surface area contributed by atoms with Crippen molar-refractivity contribution in [1.82, 2.24) is 5.32 Å². The normalized spacial score (nSPS) is 11.2. The zero-order valence-corrected chi connectivity index (χ0v) is 16.9. The maximum atomic E-state index is 13.7. The lowest BCUT2D eigenvalue weighted by molar-refractivity contribution is 0.0956. The number of benzene rings is 2. The minimum absolute atomic E-state index is 0.124. The molecule has 1 heterocycles. The first-order valence-electron chi connectivity index (χ1n) is 8.71. The quantitative estimate of drug-likeness (QED) is 0.499. The molecule has 0 fully saturated rings. The zero-order chi connectivity index (χ0) is 20.7. The summed E-state index contributed by atoms with van der Waals surface area (Å²) in [6.07, 6.45) is 1.61. The summed E-state index contributed by atoms with van der Waals surface area (Å²) in [5, 5.41) is 2.75. The summed E-state index contributed by atoms with van der Waals surface area (Å²) in [6, 6.07) is 14.8. The molecule has 0 unspecified atom stereocenters. The zero-order valence-electron chi connectivity index (χ0n) is 15.3. The maximum absolute atomic E-state index is 13.7. The Kier molecular flexibility index (Phi) is 6.95. The molecule has 0 saturated heterocycles. The van der Waals surface area contributed by atoms with E-state index >= 15 is 0 Å². The van der Waals surface area contributed by atoms with Crippen molar-refractivity contribution in [3.05, 3.63) is 84.1 Å². The van der Waals surface area contributed by atoms with Gasteiger partial charge in [0.1, 0.15) is 11.6 Å². The molecule has 152 valence electrons. The molecule has 29 heavy (non-hydrogen) atoms. The molecule has 0 bridgehead atoms. The van der Waals surface area contributed by atoms with Gasteiger partial charge in [0, 0.05) is 17.9 Å². The fourth-order valence-electron chi connectivity index (χ4n) is 2.46. The molecule has 6 nitrogen and oxygen atoms in total. The molecular weight excluding hydrogens is 415 g/mol. The van der Waals surface area contributed by atoms with Gasteiger partial charge in [-0.15, -0.1) is 0 Å².